The zero-order chi connectivity index (χ0) is 15.4. The number of rotatable bonds is 5. The third-order valence-electron chi connectivity index (χ3n) is 3.09. The molecular weight excluding hydrogens is 274 g/mol. The van der Waals surface area contributed by atoms with E-state index in [0.29, 0.717) is 12.4 Å². The van der Waals surface area contributed by atoms with E-state index in [2.05, 4.69) is 10.3 Å². The van der Waals surface area contributed by atoms with Gasteiger partial charge in [0.25, 0.3) is 0 Å². The predicted octanol–water partition coefficient (Wildman–Crippen LogP) is 3.88. The summed E-state index contributed by atoms with van der Waals surface area (Å²) in [5, 5.41) is 3.20. The van der Waals surface area contributed by atoms with Crippen LogP contribution in [0, 0.1) is 25.5 Å². The number of hydrogen-bond acceptors (Lipinski definition) is 3. The second-order valence-electron chi connectivity index (χ2n) is 4.82. The van der Waals surface area contributed by atoms with E-state index in [4.69, 9.17) is 4.74 Å². The van der Waals surface area contributed by atoms with Gasteiger partial charge in [-0.05, 0) is 44.2 Å². The maximum atomic E-state index is 13.7. The van der Waals surface area contributed by atoms with Gasteiger partial charge in [-0.25, -0.2) is 13.8 Å². The highest BCUT2D eigenvalue weighted by Gasteiger charge is 2.13. The van der Waals surface area contributed by atoms with Crippen LogP contribution in [0.1, 0.15) is 23.7 Å². The minimum atomic E-state index is -0.745. The van der Waals surface area contributed by atoms with Crippen LogP contribution >= 0.6 is 0 Å². The standard InChI is InChI=1S/C16H18F2N2O/c1-4-19-9-13-10(2)7-11(3)20-16(13)21-15-6-5-12(17)8-14(15)18/h5-8,19H,4,9H2,1-3H3. The quantitative estimate of drug-likeness (QED) is 0.908. The molecule has 0 aliphatic carbocycles. The first-order chi connectivity index (χ1) is 10.0. The van der Waals surface area contributed by atoms with Crippen molar-refractivity contribution in [2.75, 3.05) is 6.54 Å². The molecule has 5 heteroatoms. The van der Waals surface area contributed by atoms with Crippen molar-refractivity contribution in [3.8, 4) is 11.6 Å². The Morgan fingerprint density at radius 3 is 2.62 bits per heavy atom. The van der Waals surface area contributed by atoms with Gasteiger partial charge in [0.1, 0.15) is 5.82 Å². The first kappa shape index (κ1) is 15.4. The lowest BCUT2D eigenvalue weighted by Crippen LogP contribution is -2.14. The van der Waals surface area contributed by atoms with Gasteiger partial charge in [0, 0.05) is 23.9 Å². The summed E-state index contributed by atoms with van der Waals surface area (Å²) in [7, 11) is 0. The van der Waals surface area contributed by atoms with Crippen LogP contribution in [0.5, 0.6) is 11.6 Å². The van der Waals surface area contributed by atoms with E-state index in [1.165, 1.54) is 6.07 Å². The third-order valence-corrected chi connectivity index (χ3v) is 3.09. The molecule has 1 aromatic carbocycles. The molecule has 0 radical (unpaired) electrons. The number of aryl methyl sites for hydroxylation is 2. The van der Waals surface area contributed by atoms with Gasteiger partial charge in [-0.15, -0.1) is 0 Å². The van der Waals surface area contributed by atoms with Crippen molar-refractivity contribution in [1.82, 2.24) is 10.3 Å². The third kappa shape index (κ3) is 3.76. The fourth-order valence-electron chi connectivity index (χ4n) is 2.04. The molecule has 2 rings (SSSR count). The molecule has 0 bridgehead atoms. The van der Waals surface area contributed by atoms with Crippen LogP contribution in [0.4, 0.5) is 8.78 Å². The number of nitrogens with zero attached hydrogens (tertiary/aromatic N) is 1. The average molecular weight is 292 g/mol. The second-order valence-corrected chi connectivity index (χ2v) is 4.82. The second kappa shape index (κ2) is 6.63. The summed E-state index contributed by atoms with van der Waals surface area (Å²) in [6.45, 7) is 7.18. The highest BCUT2D eigenvalue weighted by molar-refractivity contribution is 5.39. The van der Waals surface area contributed by atoms with Crippen LogP contribution in [0.2, 0.25) is 0 Å². The highest BCUT2D eigenvalue weighted by Crippen LogP contribution is 2.28. The van der Waals surface area contributed by atoms with E-state index < -0.39 is 11.6 Å². The van der Waals surface area contributed by atoms with Gasteiger partial charge < -0.3 is 10.1 Å². The van der Waals surface area contributed by atoms with Crippen LogP contribution in [-0.4, -0.2) is 11.5 Å². The Kier molecular flexibility index (Phi) is 4.85. The zero-order valence-electron chi connectivity index (χ0n) is 12.3. The predicted molar refractivity (Wildman–Crippen MR) is 77.5 cm³/mol. The minimum absolute atomic E-state index is 0.0355. The summed E-state index contributed by atoms with van der Waals surface area (Å²) in [6, 6.07) is 5.16. The maximum Gasteiger partial charge on any atom is 0.224 e. The minimum Gasteiger partial charge on any atom is -0.436 e. The Balaban J connectivity index is 2.37. The van der Waals surface area contributed by atoms with Gasteiger partial charge in [0.2, 0.25) is 5.88 Å². The van der Waals surface area contributed by atoms with Crippen LogP contribution in [-0.2, 0) is 6.54 Å². The van der Waals surface area contributed by atoms with Crippen molar-refractivity contribution in [2.24, 2.45) is 0 Å². The lowest BCUT2D eigenvalue weighted by Gasteiger charge is -2.14. The molecular formula is C16H18F2N2O. The number of aromatic nitrogens is 1. The molecule has 1 aromatic heterocycles. The monoisotopic (exact) mass is 292 g/mol. The Labute approximate surface area is 123 Å². The Morgan fingerprint density at radius 1 is 1.19 bits per heavy atom. The molecule has 0 atom stereocenters. The average Bonchev–Trinajstić information content (AvgIpc) is 2.41. The van der Waals surface area contributed by atoms with Gasteiger partial charge >= 0.3 is 0 Å². The van der Waals surface area contributed by atoms with Gasteiger partial charge in [0.05, 0.1) is 0 Å². The molecule has 0 unspecified atom stereocenters. The van der Waals surface area contributed by atoms with Crippen molar-refractivity contribution in [2.45, 2.75) is 27.3 Å². The molecule has 112 valence electrons. The topological polar surface area (TPSA) is 34.2 Å². The van der Waals surface area contributed by atoms with Gasteiger partial charge in [-0.1, -0.05) is 6.92 Å². The van der Waals surface area contributed by atoms with E-state index in [1.54, 1.807) is 0 Å². The molecule has 1 heterocycles. The fourth-order valence-corrected chi connectivity index (χ4v) is 2.04. The smallest absolute Gasteiger partial charge is 0.224 e. The fraction of sp³-hybridized carbons (Fsp3) is 0.312. The largest absolute Gasteiger partial charge is 0.436 e. The zero-order valence-corrected chi connectivity index (χ0v) is 12.3. The molecule has 1 N–H and O–H groups in total. The highest BCUT2D eigenvalue weighted by atomic mass is 19.1. The lowest BCUT2D eigenvalue weighted by atomic mass is 10.1. The normalized spacial score (nSPS) is 10.7. The Bertz CT molecular complexity index is 644. The Morgan fingerprint density at radius 2 is 1.95 bits per heavy atom. The SMILES string of the molecule is CCNCc1c(C)cc(C)nc1Oc1ccc(F)cc1F. The number of halogens is 2. The number of hydrogen-bond donors (Lipinski definition) is 1. The molecule has 3 nitrogen and oxygen atoms in total. The molecule has 0 saturated carbocycles. The summed E-state index contributed by atoms with van der Waals surface area (Å²) in [4.78, 5) is 4.32. The number of ether oxygens (including phenoxy) is 1. The lowest BCUT2D eigenvalue weighted by molar-refractivity contribution is 0.416. The van der Waals surface area contributed by atoms with E-state index in [0.717, 1.165) is 35.5 Å². The summed E-state index contributed by atoms with van der Waals surface area (Å²) in [5.41, 5.74) is 2.66. The molecule has 2 aromatic rings. The molecule has 0 fully saturated rings. The van der Waals surface area contributed by atoms with Gasteiger partial charge in [-0.2, -0.15) is 0 Å². The van der Waals surface area contributed by atoms with E-state index in [-0.39, 0.29) is 5.75 Å². The molecule has 21 heavy (non-hydrogen) atoms. The van der Waals surface area contributed by atoms with Crippen molar-refractivity contribution in [1.29, 1.82) is 0 Å². The van der Waals surface area contributed by atoms with Crippen LogP contribution in [0.15, 0.2) is 24.3 Å². The van der Waals surface area contributed by atoms with E-state index in [9.17, 15) is 8.78 Å². The van der Waals surface area contributed by atoms with Crippen LogP contribution in [0.3, 0.4) is 0 Å². The number of benzene rings is 1. The number of nitrogens with one attached hydrogen (secondary N) is 1. The van der Waals surface area contributed by atoms with E-state index in [1.807, 2.05) is 26.8 Å². The van der Waals surface area contributed by atoms with E-state index >= 15 is 0 Å². The summed E-state index contributed by atoms with van der Waals surface area (Å²) in [5.74, 6) is -1.07. The summed E-state index contributed by atoms with van der Waals surface area (Å²) >= 11 is 0. The maximum absolute atomic E-state index is 13.7. The molecule has 0 saturated heterocycles. The molecule has 0 aliphatic heterocycles. The molecule has 0 amide bonds. The summed E-state index contributed by atoms with van der Waals surface area (Å²) < 4.78 is 32.2. The van der Waals surface area contributed by atoms with Gasteiger partial charge in [-0.3, -0.25) is 0 Å². The van der Waals surface area contributed by atoms with Crippen molar-refractivity contribution in [3.63, 3.8) is 0 Å². The van der Waals surface area contributed by atoms with Crippen molar-refractivity contribution in [3.05, 3.63) is 52.7 Å². The van der Waals surface area contributed by atoms with Crippen molar-refractivity contribution >= 4 is 0 Å². The first-order valence-electron chi connectivity index (χ1n) is 6.82. The van der Waals surface area contributed by atoms with Crippen LogP contribution < -0.4 is 10.1 Å². The molecule has 0 spiro atoms. The van der Waals surface area contributed by atoms with Crippen LogP contribution in [0.25, 0.3) is 0 Å². The molecule has 0 aliphatic rings. The Hall–Kier alpha value is -2.01. The van der Waals surface area contributed by atoms with Crippen molar-refractivity contribution < 1.29 is 13.5 Å². The van der Waals surface area contributed by atoms with Gasteiger partial charge in [0.15, 0.2) is 11.6 Å². The summed E-state index contributed by atoms with van der Waals surface area (Å²) in [6.07, 6.45) is 0. The number of pyridine rings is 1. The first-order valence-corrected chi connectivity index (χ1v) is 6.82.